The summed E-state index contributed by atoms with van der Waals surface area (Å²) in [5, 5.41) is 13.7. The van der Waals surface area contributed by atoms with Gasteiger partial charge in [-0.2, -0.15) is 0 Å². The number of nitrogens with zero attached hydrogens (tertiary/aromatic N) is 2. The lowest BCUT2D eigenvalue weighted by Gasteiger charge is -2.46. The third-order valence-electron chi connectivity index (χ3n) is 10.3. The van der Waals surface area contributed by atoms with E-state index in [4.69, 9.17) is 9.47 Å². The molecule has 10 nitrogen and oxygen atoms in total. The number of nitrogens with one attached hydrogen (secondary N) is 1. The number of benzene rings is 1. The number of carbonyl (C=O) groups is 4. The monoisotopic (exact) mass is 679 g/mol. The molecule has 3 fully saturated rings. The van der Waals surface area contributed by atoms with Crippen molar-refractivity contribution in [1.29, 1.82) is 0 Å². The number of ether oxygens (including phenoxy) is 2. The van der Waals surface area contributed by atoms with Crippen molar-refractivity contribution in [3.8, 4) is 0 Å². The highest BCUT2D eigenvalue weighted by Crippen LogP contribution is 2.59. The maximum Gasteiger partial charge on any atom is 0.306 e. The van der Waals surface area contributed by atoms with Crippen LogP contribution in [0.2, 0.25) is 0 Å². The van der Waals surface area contributed by atoms with Crippen molar-refractivity contribution in [2.75, 3.05) is 19.8 Å². The van der Waals surface area contributed by atoms with Gasteiger partial charge >= 0.3 is 5.97 Å². The number of esters is 1. The second kappa shape index (κ2) is 15.2. The van der Waals surface area contributed by atoms with Crippen LogP contribution in [0.1, 0.15) is 92.2 Å². The van der Waals surface area contributed by atoms with Crippen LogP contribution < -0.4 is 5.32 Å². The van der Waals surface area contributed by atoms with Gasteiger partial charge in [-0.3, -0.25) is 19.2 Å². The highest BCUT2D eigenvalue weighted by atomic mass is 16.5. The number of carbonyl (C=O) groups excluding carboxylic acids is 4. The van der Waals surface area contributed by atoms with Crippen molar-refractivity contribution >= 4 is 23.7 Å². The van der Waals surface area contributed by atoms with Gasteiger partial charge in [0.25, 0.3) is 0 Å². The number of hydrogen-bond acceptors (Lipinski definition) is 7. The van der Waals surface area contributed by atoms with Gasteiger partial charge in [-0.15, -0.1) is 13.2 Å². The molecule has 0 radical (unpaired) electrons. The highest BCUT2D eigenvalue weighted by Gasteiger charge is 2.75. The minimum atomic E-state index is -1.24. The lowest BCUT2D eigenvalue weighted by Crippen LogP contribution is -2.63. The van der Waals surface area contributed by atoms with Crippen LogP contribution in [0, 0.1) is 23.2 Å². The molecule has 270 valence electrons. The lowest BCUT2D eigenvalue weighted by atomic mass is 9.70. The van der Waals surface area contributed by atoms with Crippen molar-refractivity contribution in [1.82, 2.24) is 15.1 Å². The van der Waals surface area contributed by atoms with Gasteiger partial charge in [0, 0.05) is 18.5 Å². The number of amides is 3. The highest BCUT2D eigenvalue weighted by molar-refractivity contribution is 5.99. The van der Waals surface area contributed by atoms with Crippen LogP contribution in [0.25, 0.3) is 0 Å². The van der Waals surface area contributed by atoms with Crippen LogP contribution in [0.15, 0.2) is 55.6 Å². The van der Waals surface area contributed by atoms with Gasteiger partial charge in [-0.25, -0.2) is 0 Å². The third kappa shape index (κ3) is 7.80. The molecule has 49 heavy (non-hydrogen) atoms. The summed E-state index contributed by atoms with van der Waals surface area (Å²) in [4.78, 5) is 59.8. The molecule has 0 unspecified atom stereocenters. The number of hydrogen-bond donors (Lipinski definition) is 2. The fraction of sp³-hybridized carbons (Fsp3) is 0.641. The van der Waals surface area contributed by atoms with E-state index in [0.717, 1.165) is 5.56 Å². The topological polar surface area (TPSA) is 125 Å². The molecule has 3 heterocycles. The Balaban J connectivity index is 1.72. The molecule has 3 saturated heterocycles. The van der Waals surface area contributed by atoms with Crippen LogP contribution >= 0.6 is 0 Å². The molecular weight excluding hydrogens is 622 g/mol. The first-order valence-electron chi connectivity index (χ1n) is 17.7. The number of aliphatic hydroxyl groups is 1. The maximum atomic E-state index is 15.0. The van der Waals surface area contributed by atoms with Gasteiger partial charge in [-0.05, 0) is 56.4 Å². The van der Waals surface area contributed by atoms with E-state index in [0.29, 0.717) is 25.7 Å². The summed E-state index contributed by atoms with van der Waals surface area (Å²) in [5.74, 6) is -3.37. The Kier molecular flexibility index (Phi) is 11.9. The Labute approximate surface area is 292 Å². The summed E-state index contributed by atoms with van der Waals surface area (Å²) in [7, 11) is 0. The van der Waals surface area contributed by atoms with E-state index < -0.39 is 59.1 Å². The first kappa shape index (κ1) is 38.3. The minimum absolute atomic E-state index is 0.0831. The Morgan fingerprint density at radius 3 is 2.39 bits per heavy atom. The van der Waals surface area contributed by atoms with Gasteiger partial charge in [0.1, 0.15) is 18.2 Å². The molecule has 1 aromatic rings. The van der Waals surface area contributed by atoms with Crippen LogP contribution in [0.4, 0.5) is 0 Å². The predicted octanol–water partition coefficient (Wildman–Crippen LogP) is 4.97. The molecule has 1 aromatic carbocycles. The molecule has 0 saturated carbocycles. The van der Waals surface area contributed by atoms with Crippen molar-refractivity contribution in [3.05, 3.63) is 61.2 Å². The summed E-state index contributed by atoms with van der Waals surface area (Å²) < 4.78 is 12.3. The van der Waals surface area contributed by atoms with E-state index in [9.17, 15) is 19.5 Å². The molecule has 7 atom stereocenters. The Morgan fingerprint density at radius 2 is 1.82 bits per heavy atom. The summed E-state index contributed by atoms with van der Waals surface area (Å²) in [6.07, 6.45) is 5.06. The van der Waals surface area contributed by atoms with E-state index >= 15 is 4.79 Å². The lowest BCUT2D eigenvalue weighted by molar-refractivity contribution is -0.156. The third-order valence-corrected chi connectivity index (χ3v) is 10.3. The zero-order valence-electron chi connectivity index (χ0n) is 30.4. The molecule has 4 rings (SSSR count). The Hall–Kier alpha value is -3.50. The quantitative estimate of drug-likeness (QED) is 0.187. The largest absolute Gasteiger partial charge is 0.463 e. The average molecular weight is 680 g/mol. The van der Waals surface area contributed by atoms with Crippen LogP contribution in [-0.2, 0) is 28.7 Å². The number of rotatable bonds is 16. The van der Waals surface area contributed by atoms with Gasteiger partial charge in [-0.1, -0.05) is 77.1 Å². The van der Waals surface area contributed by atoms with E-state index in [-0.39, 0.29) is 49.3 Å². The van der Waals surface area contributed by atoms with Crippen LogP contribution in [0.3, 0.4) is 0 Å². The molecule has 3 aliphatic heterocycles. The average Bonchev–Trinajstić information content (AvgIpc) is 3.67. The van der Waals surface area contributed by atoms with Crippen LogP contribution in [-0.4, -0.2) is 87.7 Å². The molecule has 3 amide bonds. The first-order chi connectivity index (χ1) is 23.0. The predicted molar refractivity (Wildman–Crippen MR) is 188 cm³/mol. The summed E-state index contributed by atoms with van der Waals surface area (Å²) >= 11 is 0. The van der Waals surface area contributed by atoms with E-state index in [2.05, 4.69) is 39.2 Å². The fourth-order valence-electron chi connectivity index (χ4n) is 8.60. The minimum Gasteiger partial charge on any atom is -0.463 e. The zero-order chi connectivity index (χ0) is 36.3. The van der Waals surface area contributed by atoms with Gasteiger partial charge in [0.2, 0.25) is 17.7 Å². The molecule has 0 aromatic heterocycles. The Morgan fingerprint density at radius 1 is 1.14 bits per heavy atom. The number of allylic oxidation sites excluding steroid dienone is 1. The number of likely N-dealkylation sites (tertiary alicyclic amines) is 1. The molecule has 10 heteroatoms. The zero-order valence-corrected chi connectivity index (χ0v) is 30.4. The molecule has 3 aliphatic rings. The summed E-state index contributed by atoms with van der Waals surface area (Å²) in [5.41, 5.74) is -1.18. The standard InChI is InChI=1S/C39H57N3O7/c1-10-12-18-30(44)48-23-27(26-16-14-13-15-17-26)40-34(45)31-29-19-20-39(49-29)32(31)35(46)42(28(22-43)25(3)4)33(39)36(47)41(21-11-2)38(8,9)24-37(5,6)7/h10-11,13-17,25,27-29,31-33,43H,1-2,12,18-24H2,3-9H3,(H,40,45)/t27-,28+,29-,31+,32+,33-,39+/m1/s1. The fourth-order valence-corrected chi connectivity index (χ4v) is 8.60. The van der Waals surface area contributed by atoms with Crippen molar-refractivity contribution in [2.24, 2.45) is 23.2 Å². The number of aliphatic hydroxyl groups excluding tert-OH is 1. The summed E-state index contributed by atoms with van der Waals surface area (Å²) in [6, 6.07) is 6.90. The van der Waals surface area contributed by atoms with E-state index in [1.807, 2.05) is 58.0 Å². The second-order valence-corrected chi connectivity index (χ2v) is 16.1. The van der Waals surface area contributed by atoms with Crippen molar-refractivity contribution < 1.29 is 33.8 Å². The van der Waals surface area contributed by atoms with E-state index in [1.54, 1.807) is 22.0 Å². The molecule has 1 spiro atoms. The first-order valence-corrected chi connectivity index (χ1v) is 17.7. The molecule has 2 N–H and O–H groups in total. The molecular formula is C39H57N3O7. The molecule has 2 bridgehead atoms. The smallest absolute Gasteiger partial charge is 0.306 e. The Bertz CT molecular complexity index is 1390. The van der Waals surface area contributed by atoms with Gasteiger partial charge < -0.3 is 29.7 Å². The van der Waals surface area contributed by atoms with Crippen LogP contribution in [0.5, 0.6) is 0 Å². The normalized spacial score (nSPS) is 25.9. The maximum absolute atomic E-state index is 15.0. The second-order valence-electron chi connectivity index (χ2n) is 16.1. The van der Waals surface area contributed by atoms with Crippen molar-refractivity contribution in [2.45, 2.75) is 116 Å². The van der Waals surface area contributed by atoms with E-state index in [1.165, 1.54) is 0 Å². The van der Waals surface area contributed by atoms with Gasteiger partial charge in [0.05, 0.1) is 36.6 Å². The van der Waals surface area contributed by atoms with Gasteiger partial charge in [0.15, 0.2) is 0 Å². The summed E-state index contributed by atoms with van der Waals surface area (Å²) in [6.45, 7) is 21.7. The number of fused-ring (bicyclic) bond motifs is 1. The SMILES string of the molecule is C=CCCC(=O)OC[C@@H](NC(=O)[C@@H]1[C@H]2C(=O)N([C@@H](CO)C(C)C)[C@H](C(=O)N(CC=C)C(C)(C)CC(C)(C)C)[C@]23CC[C@H]1O3)c1ccccc1. The van der Waals surface area contributed by atoms with Crippen molar-refractivity contribution in [3.63, 3.8) is 0 Å². The molecule has 0 aliphatic carbocycles.